The number of aliphatic hydroxyl groups is 1. The Morgan fingerprint density at radius 1 is 1.22 bits per heavy atom. The van der Waals surface area contributed by atoms with Crippen molar-refractivity contribution >= 4 is 11.5 Å². The van der Waals surface area contributed by atoms with E-state index in [0.717, 1.165) is 41.7 Å². The Bertz CT molecular complexity index is 1090. The third-order valence-electron chi connectivity index (χ3n) is 7.45. The molecule has 1 aliphatic carbocycles. The molecule has 1 amide bonds. The van der Waals surface area contributed by atoms with Gasteiger partial charge in [0, 0.05) is 36.4 Å². The van der Waals surface area contributed by atoms with Crippen LogP contribution in [-0.4, -0.2) is 28.2 Å². The van der Waals surface area contributed by atoms with Crippen molar-refractivity contribution in [1.82, 2.24) is 15.2 Å². The van der Waals surface area contributed by atoms with Crippen LogP contribution in [0.5, 0.6) is 0 Å². The van der Waals surface area contributed by atoms with Gasteiger partial charge in [-0.15, -0.1) is 0 Å². The molecule has 6 nitrogen and oxygen atoms in total. The third-order valence-corrected chi connectivity index (χ3v) is 7.45. The van der Waals surface area contributed by atoms with Crippen LogP contribution in [-0.2, 0) is 11.3 Å². The molecule has 1 fully saturated rings. The van der Waals surface area contributed by atoms with Crippen LogP contribution in [0.15, 0.2) is 53.3 Å². The quantitative estimate of drug-likeness (QED) is 0.677. The molecule has 2 bridgehead atoms. The minimum atomic E-state index is -0.427. The zero-order valence-electron chi connectivity index (χ0n) is 18.5. The van der Waals surface area contributed by atoms with E-state index in [9.17, 15) is 14.7 Å². The van der Waals surface area contributed by atoms with Gasteiger partial charge < -0.3 is 20.3 Å². The average molecular weight is 434 g/mol. The lowest BCUT2D eigenvalue weighted by Crippen LogP contribution is -2.44. The molecular formula is C26H31N3O3. The molecule has 1 aromatic heterocycles. The summed E-state index contributed by atoms with van der Waals surface area (Å²) in [5.74, 6) is -0.746. The number of pyridine rings is 1. The van der Waals surface area contributed by atoms with Gasteiger partial charge in [0.2, 0.25) is 5.91 Å². The highest BCUT2D eigenvalue weighted by Crippen LogP contribution is 2.41. The predicted molar refractivity (Wildman–Crippen MR) is 124 cm³/mol. The van der Waals surface area contributed by atoms with Gasteiger partial charge in [-0.1, -0.05) is 36.4 Å². The van der Waals surface area contributed by atoms with Gasteiger partial charge in [0.1, 0.15) is 0 Å². The lowest BCUT2D eigenvalue weighted by atomic mass is 9.86. The van der Waals surface area contributed by atoms with E-state index in [-0.39, 0.29) is 42.1 Å². The Morgan fingerprint density at radius 2 is 2.03 bits per heavy atom. The Labute approximate surface area is 188 Å². The number of allylic oxidation sites excluding steroid dienone is 2. The Kier molecular flexibility index (Phi) is 5.74. The van der Waals surface area contributed by atoms with Crippen LogP contribution in [0.3, 0.4) is 0 Å². The molecule has 6 heteroatoms. The molecule has 1 saturated heterocycles. The number of benzene rings is 1. The van der Waals surface area contributed by atoms with E-state index in [1.54, 1.807) is 0 Å². The molecule has 0 unspecified atom stereocenters. The molecule has 2 aliphatic heterocycles. The Hall–Kier alpha value is -2.70. The lowest BCUT2D eigenvalue weighted by Gasteiger charge is -2.29. The first-order valence-corrected chi connectivity index (χ1v) is 11.7. The lowest BCUT2D eigenvalue weighted by molar-refractivity contribution is -0.127. The summed E-state index contributed by atoms with van der Waals surface area (Å²) in [6.07, 6.45) is 6.47. The molecule has 32 heavy (non-hydrogen) atoms. The van der Waals surface area contributed by atoms with E-state index in [4.69, 9.17) is 0 Å². The first-order chi connectivity index (χ1) is 15.6. The fourth-order valence-corrected chi connectivity index (χ4v) is 5.71. The molecular weight excluding hydrogens is 402 g/mol. The van der Waals surface area contributed by atoms with Crippen molar-refractivity contribution in [2.75, 3.05) is 6.61 Å². The van der Waals surface area contributed by atoms with Gasteiger partial charge in [-0.3, -0.25) is 9.59 Å². The maximum atomic E-state index is 13.4. The van der Waals surface area contributed by atoms with E-state index in [2.05, 4.69) is 16.7 Å². The molecule has 0 spiro atoms. The van der Waals surface area contributed by atoms with Gasteiger partial charge in [0.15, 0.2) is 0 Å². The number of amides is 1. The number of aliphatic hydroxyl groups excluding tert-OH is 1. The minimum Gasteiger partial charge on any atom is -0.396 e. The summed E-state index contributed by atoms with van der Waals surface area (Å²) in [6.45, 7) is 2.36. The second kappa shape index (κ2) is 8.68. The number of fused-ring (bicyclic) bond motifs is 4. The summed E-state index contributed by atoms with van der Waals surface area (Å²) in [5, 5.41) is 16.8. The zero-order valence-corrected chi connectivity index (χ0v) is 18.5. The number of hydrogen-bond donors (Lipinski definition) is 3. The SMILES string of the molecule is C[C@@H](NC(=O)[C@H]1[C@H](CO)[C@H]2Cn3c(ccc(C4=CCCCC4)c3=O)[C@@H]1N2)c1ccccc1. The van der Waals surface area contributed by atoms with E-state index < -0.39 is 5.92 Å². The summed E-state index contributed by atoms with van der Waals surface area (Å²) < 4.78 is 1.84. The number of aromatic nitrogens is 1. The number of hydrogen-bond acceptors (Lipinski definition) is 4. The van der Waals surface area contributed by atoms with E-state index in [1.807, 2.05) is 54.0 Å². The van der Waals surface area contributed by atoms with Crippen LogP contribution in [0.25, 0.3) is 5.57 Å². The maximum Gasteiger partial charge on any atom is 0.258 e. The Balaban J connectivity index is 1.45. The van der Waals surface area contributed by atoms with Gasteiger partial charge >= 0.3 is 0 Å². The van der Waals surface area contributed by atoms with Crippen LogP contribution in [0.4, 0.5) is 0 Å². The number of nitrogens with one attached hydrogen (secondary N) is 2. The summed E-state index contributed by atoms with van der Waals surface area (Å²) >= 11 is 0. The molecule has 0 saturated carbocycles. The highest BCUT2D eigenvalue weighted by molar-refractivity contribution is 5.81. The molecule has 5 atom stereocenters. The largest absolute Gasteiger partial charge is 0.396 e. The van der Waals surface area contributed by atoms with Gasteiger partial charge in [0.05, 0.1) is 18.0 Å². The van der Waals surface area contributed by atoms with Crippen molar-refractivity contribution in [1.29, 1.82) is 0 Å². The molecule has 3 heterocycles. The van der Waals surface area contributed by atoms with E-state index in [0.29, 0.717) is 6.54 Å². The molecule has 1 aromatic carbocycles. The number of nitrogens with zero attached hydrogens (tertiary/aromatic N) is 1. The maximum absolute atomic E-state index is 13.4. The van der Waals surface area contributed by atoms with Gasteiger partial charge in [-0.25, -0.2) is 0 Å². The molecule has 2 aromatic rings. The Morgan fingerprint density at radius 3 is 2.75 bits per heavy atom. The minimum absolute atomic E-state index is 0.0301. The summed E-state index contributed by atoms with van der Waals surface area (Å²) in [6, 6.07) is 13.3. The van der Waals surface area contributed by atoms with Crippen molar-refractivity contribution in [2.24, 2.45) is 11.8 Å². The number of carbonyl (C=O) groups is 1. The van der Waals surface area contributed by atoms with Gasteiger partial charge in [-0.05, 0) is 55.9 Å². The van der Waals surface area contributed by atoms with Crippen molar-refractivity contribution in [2.45, 2.75) is 57.3 Å². The fourth-order valence-electron chi connectivity index (χ4n) is 5.71. The summed E-state index contributed by atoms with van der Waals surface area (Å²) in [4.78, 5) is 26.8. The van der Waals surface area contributed by atoms with E-state index >= 15 is 0 Å². The highest BCUT2D eigenvalue weighted by Gasteiger charge is 2.51. The van der Waals surface area contributed by atoms with Gasteiger partial charge in [-0.2, -0.15) is 0 Å². The van der Waals surface area contributed by atoms with Crippen molar-refractivity contribution in [3.63, 3.8) is 0 Å². The van der Waals surface area contributed by atoms with Crippen LogP contribution in [0.2, 0.25) is 0 Å². The smallest absolute Gasteiger partial charge is 0.258 e. The van der Waals surface area contributed by atoms with Crippen LogP contribution in [0.1, 0.15) is 61.5 Å². The molecule has 5 rings (SSSR count). The monoisotopic (exact) mass is 433 g/mol. The standard InChI is InChI=1S/C26H31N3O3/c1-16(17-8-4-2-5-9-17)27-25(31)23-20(15-30)21-14-29-22(24(23)28-21)13-12-19(26(29)32)18-10-6-3-7-11-18/h2,4-5,8-10,12-13,16,20-21,23-24,28,30H,3,6-7,11,14-15H2,1H3,(H,27,31)/t16-,20-,21-,23+,24+/m1/s1. The molecule has 168 valence electrons. The summed E-state index contributed by atoms with van der Waals surface area (Å²) in [5.41, 5.74) is 3.84. The normalized spacial score (nSPS) is 27.4. The first kappa shape index (κ1) is 21.2. The van der Waals surface area contributed by atoms with Crippen molar-refractivity contribution < 1.29 is 9.90 Å². The van der Waals surface area contributed by atoms with E-state index in [1.165, 1.54) is 6.42 Å². The van der Waals surface area contributed by atoms with Gasteiger partial charge in [0.25, 0.3) is 5.56 Å². The molecule has 3 N–H and O–H groups in total. The van der Waals surface area contributed by atoms with Crippen LogP contribution in [0, 0.1) is 11.8 Å². The number of rotatable bonds is 5. The molecule has 0 radical (unpaired) electrons. The average Bonchev–Trinajstić information content (AvgIpc) is 3.13. The second-order valence-electron chi connectivity index (χ2n) is 9.33. The number of carbonyl (C=O) groups excluding carboxylic acids is 1. The fraction of sp³-hybridized carbons (Fsp3) is 0.462. The highest BCUT2D eigenvalue weighted by atomic mass is 16.3. The van der Waals surface area contributed by atoms with Crippen LogP contribution >= 0.6 is 0 Å². The predicted octanol–water partition coefficient (Wildman–Crippen LogP) is 2.93. The third kappa shape index (κ3) is 3.61. The van der Waals surface area contributed by atoms with Crippen LogP contribution < -0.4 is 16.2 Å². The summed E-state index contributed by atoms with van der Waals surface area (Å²) in [7, 11) is 0. The zero-order chi connectivity index (χ0) is 22.2. The van der Waals surface area contributed by atoms with Crippen molar-refractivity contribution in [3.8, 4) is 0 Å². The topological polar surface area (TPSA) is 83.4 Å². The first-order valence-electron chi connectivity index (χ1n) is 11.7. The molecule has 3 aliphatic rings. The second-order valence-corrected chi connectivity index (χ2v) is 9.33. The van der Waals surface area contributed by atoms with Crippen molar-refractivity contribution in [3.05, 3.63) is 75.7 Å².